The van der Waals surface area contributed by atoms with Crippen LogP contribution in [0.2, 0.25) is 0 Å². The van der Waals surface area contributed by atoms with Crippen molar-refractivity contribution in [1.82, 2.24) is 4.98 Å². The monoisotopic (exact) mass is 323 g/mol. The topological polar surface area (TPSA) is 98.3 Å². The number of nitrogens with one attached hydrogen (secondary N) is 1. The van der Waals surface area contributed by atoms with E-state index in [2.05, 4.69) is 10.3 Å². The van der Waals surface area contributed by atoms with Gasteiger partial charge in [-0.15, -0.1) is 0 Å². The number of para-hydroxylation sites is 1. The summed E-state index contributed by atoms with van der Waals surface area (Å²) in [5.74, 6) is 0.399. The van der Waals surface area contributed by atoms with E-state index in [1.54, 1.807) is 12.1 Å². The number of nitro groups is 1. The molecule has 0 aliphatic heterocycles. The molecule has 1 aromatic heterocycles. The summed E-state index contributed by atoms with van der Waals surface area (Å²) in [4.78, 5) is 26.7. The van der Waals surface area contributed by atoms with Crippen LogP contribution in [0.25, 0.3) is 22.6 Å². The number of aromatic nitrogens is 1. The Labute approximate surface area is 136 Å². The van der Waals surface area contributed by atoms with Crippen LogP contribution in [0.1, 0.15) is 12.8 Å². The SMILES string of the molecule is O=C(Nc1ccccc1-c1nc2cc([N+](=O)[O-])ccc2o1)C1CC1. The van der Waals surface area contributed by atoms with E-state index in [0.29, 0.717) is 28.2 Å². The number of carbonyl (C=O) groups is 1. The van der Waals surface area contributed by atoms with E-state index in [0.717, 1.165) is 12.8 Å². The van der Waals surface area contributed by atoms with Crippen LogP contribution in [0.4, 0.5) is 11.4 Å². The number of nitrogens with zero attached hydrogens (tertiary/aromatic N) is 2. The van der Waals surface area contributed by atoms with Crippen molar-refractivity contribution in [3.8, 4) is 11.5 Å². The second kappa shape index (κ2) is 5.45. The van der Waals surface area contributed by atoms with Gasteiger partial charge < -0.3 is 9.73 Å². The Kier molecular flexibility index (Phi) is 3.26. The lowest BCUT2D eigenvalue weighted by molar-refractivity contribution is -0.384. The first-order valence-corrected chi connectivity index (χ1v) is 7.57. The van der Waals surface area contributed by atoms with Gasteiger partial charge in [0.15, 0.2) is 5.58 Å². The average molecular weight is 323 g/mol. The zero-order valence-electron chi connectivity index (χ0n) is 12.6. The zero-order valence-corrected chi connectivity index (χ0v) is 12.6. The Morgan fingerprint density at radius 1 is 1.25 bits per heavy atom. The first-order chi connectivity index (χ1) is 11.6. The number of fused-ring (bicyclic) bond motifs is 1. The second-order valence-corrected chi connectivity index (χ2v) is 5.74. The van der Waals surface area contributed by atoms with Gasteiger partial charge in [0.1, 0.15) is 5.52 Å². The molecular formula is C17H13N3O4. The molecule has 1 amide bonds. The van der Waals surface area contributed by atoms with E-state index in [9.17, 15) is 14.9 Å². The first-order valence-electron chi connectivity index (χ1n) is 7.57. The largest absolute Gasteiger partial charge is 0.436 e. The highest BCUT2D eigenvalue weighted by Crippen LogP contribution is 2.34. The van der Waals surface area contributed by atoms with Crippen LogP contribution >= 0.6 is 0 Å². The van der Waals surface area contributed by atoms with E-state index >= 15 is 0 Å². The molecular weight excluding hydrogens is 310 g/mol. The number of non-ortho nitro benzene ring substituents is 1. The van der Waals surface area contributed by atoms with Gasteiger partial charge in [-0.1, -0.05) is 12.1 Å². The summed E-state index contributed by atoms with van der Waals surface area (Å²) in [5, 5.41) is 13.8. The highest BCUT2D eigenvalue weighted by Gasteiger charge is 2.30. The van der Waals surface area contributed by atoms with E-state index < -0.39 is 4.92 Å². The lowest BCUT2D eigenvalue weighted by atomic mass is 10.1. The third-order valence-electron chi connectivity index (χ3n) is 3.95. The molecule has 0 bridgehead atoms. The summed E-state index contributed by atoms with van der Waals surface area (Å²) >= 11 is 0. The van der Waals surface area contributed by atoms with Gasteiger partial charge in [0, 0.05) is 18.1 Å². The maximum atomic E-state index is 12.0. The van der Waals surface area contributed by atoms with Gasteiger partial charge in [-0.2, -0.15) is 0 Å². The summed E-state index contributed by atoms with van der Waals surface area (Å²) in [7, 11) is 0. The third kappa shape index (κ3) is 2.60. The maximum Gasteiger partial charge on any atom is 0.271 e. The van der Waals surface area contributed by atoms with Crippen molar-refractivity contribution in [3.05, 3.63) is 52.6 Å². The Bertz CT molecular complexity index is 959. The molecule has 1 aliphatic rings. The van der Waals surface area contributed by atoms with Gasteiger partial charge >= 0.3 is 0 Å². The maximum absolute atomic E-state index is 12.0. The lowest BCUT2D eigenvalue weighted by Crippen LogP contribution is -2.13. The average Bonchev–Trinajstić information content (AvgIpc) is 3.34. The summed E-state index contributed by atoms with van der Waals surface area (Å²) in [6, 6.07) is 11.5. The quantitative estimate of drug-likeness (QED) is 0.582. The van der Waals surface area contributed by atoms with Gasteiger partial charge in [-0.25, -0.2) is 4.98 Å². The van der Waals surface area contributed by atoms with Crippen LogP contribution in [0.5, 0.6) is 0 Å². The summed E-state index contributed by atoms with van der Waals surface area (Å²) in [6.45, 7) is 0. The molecule has 1 fully saturated rings. The Morgan fingerprint density at radius 2 is 2.04 bits per heavy atom. The summed E-state index contributed by atoms with van der Waals surface area (Å²) in [6.07, 6.45) is 1.83. The van der Waals surface area contributed by atoms with Crippen LogP contribution < -0.4 is 5.32 Å². The highest BCUT2D eigenvalue weighted by atomic mass is 16.6. The minimum absolute atomic E-state index is 0.00537. The van der Waals surface area contributed by atoms with Gasteiger partial charge in [0.25, 0.3) is 5.69 Å². The molecule has 7 nitrogen and oxygen atoms in total. The van der Waals surface area contributed by atoms with Crippen molar-refractivity contribution < 1.29 is 14.1 Å². The minimum atomic E-state index is -0.475. The molecule has 0 radical (unpaired) electrons. The fourth-order valence-electron chi connectivity index (χ4n) is 2.50. The van der Waals surface area contributed by atoms with Crippen LogP contribution in [-0.2, 0) is 4.79 Å². The predicted octanol–water partition coefficient (Wildman–Crippen LogP) is 3.75. The number of anilines is 1. The van der Waals surface area contributed by atoms with Crippen molar-refractivity contribution >= 4 is 28.4 Å². The molecule has 0 atom stereocenters. The van der Waals surface area contributed by atoms with Gasteiger partial charge in [-0.3, -0.25) is 14.9 Å². The van der Waals surface area contributed by atoms with Crippen molar-refractivity contribution in [2.24, 2.45) is 5.92 Å². The van der Waals surface area contributed by atoms with Crippen molar-refractivity contribution in [2.75, 3.05) is 5.32 Å². The molecule has 120 valence electrons. The number of carbonyl (C=O) groups excluding carboxylic acids is 1. The normalized spacial score (nSPS) is 13.8. The van der Waals surface area contributed by atoms with E-state index in [1.165, 1.54) is 18.2 Å². The standard InChI is InChI=1S/C17H13N3O4/c21-16(10-5-6-10)18-13-4-2-1-3-12(13)17-19-14-9-11(20(22)23)7-8-15(14)24-17/h1-4,7-10H,5-6H2,(H,18,21). The summed E-state index contributed by atoms with van der Waals surface area (Å²) < 4.78 is 5.70. The number of hydrogen-bond donors (Lipinski definition) is 1. The van der Waals surface area contributed by atoms with Gasteiger partial charge in [-0.05, 0) is 31.0 Å². The molecule has 24 heavy (non-hydrogen) atoms. The molecule has 0 spiro atoms. The molecule has 0 saturated heterocycles. The third-order valence-corrected chi connectivity index (χ3v) is 3.95. The molecule has 4 rings (SSSR count). The van der Waals surface area contributed by atoms with Crippen molar-refractivity contribution in [3.63, 3.8) is 0 Å². The second-order valence-electron chi connectivity index (χ2n) is 5.74. The van der Waals surface area contributed by atoms with Crippen LogP contribution in [0, 0.1) is 16.0 Å². The molecule has 7 heteroatoms. The fourth-order valence-corrected chi connectivity index (χ4v) is 2.50. The van der Waals surface area contributed by atoms with Crippen molar-refractivity contribution in [2.45, 2.75) is 12.8 Å². The Morgan fingerprint density at radius 3 is 2.79 bits per heavy atom. The number of rotatable bonds is 4. The molecule has 2 aromatic carbocycles. The summed E-state index contributed by atoms with van der Waals surface area (Å²) in [5.41, 5.74) is 2.08. The minimum Gasteiger partial charge on any atom is -0.436 e. The number of benzene rings is 2. The fraction of sp³-hybridized carbons (Fsp3) is 0.176. The molecule has 1 heterocycles. The van der Waals surface area contributed by atoms with Crippen molar-refractivity contribution in [1.29, 1.82) is 0 Å². The number of oxazole rings is 1. The Hall–Kier alpha value is -3.22. The molecule has 1 aliphatic carbocycles. The number of amides is 1. The van der Waals surface area contributed by atoms with Gasteiger partial charge in [0.05, 0.1) is 16.2 Å². The number of hydrogen-bond acceptors (Lipinski definition) is 5. The van der Waals surface area contributed by atoms with Gasteiger partial charge in [0.2, 0.25) is 11.8 Å². The van der Waals surface area contributed by atoms with Crippen LogP contribution in [-0.4, -0.2) is 15.8 Å². The zero-order chi connectivity index (χ0) is 16.7. The van der Waals surface area contributed by atoms with Crippen LogP contribution in [0.15, 0.2) is 46.9 Å². The van der Waals surface area contributed by atoms with E-state index in [1.807, 2.05) is 12.1 Å². The van der Waals surface area contributed by atoms with Crippen LogP contribution in [0.3, 0.4) is 0 Å². The Balaban J connectivity index is 1.74. The molecule has 1 N–H and O–H groups in total. The van der Waals surface area contributed by atoms with E-state index in [4.69, 9.17) is 4.42 Å². The molecule has 1 saturated carbocycles. The number of nitro benzene ring substituents is 1. The highest BCUT2D eigenvalue weighted by molar-refractivity contribution is 5.97. The molecule has 0 unspecified atom stereocenters. The predicted molar refractivity (Wildman–Crippen MR) is 87.5 cm³/mol. The lowest BCUT2D eigenvalue weighted by Gasteiger charge is -2.07. The van der Waals surface area contributed by atoms with E-state index in [-0.39, 0.29) is 17.5 Å². The first kappa shape index (κ1) is 14.4. The molecule has 3 aromatic rings. The smallest absolute Gasteiger partial charge is 0.271 e.